The highest BCUT2D eigenvalue weighted by molar-refractivity contribution is 5.96. The van der Waals surface area contributed by atoms with Crippen LogP contribution in [0.4, 0.5) is 13.2 Å². The van der Waals surface area contributed by atoms with E-state index in [-0.39, 0.29) is 6.42 Å². The molecule has 0 heterocycles. The van der Waals surface area contributed by atoms with Crippen molar-refractivity contribution in [1.82, 2.24) is 5.32 Å². The van der Waals surface area contributed by atoms with Crippen molar-refractivity contribution in [3.63, 3.8) is 0 Å². The molecule has 7 heteroatoms. The lowest BCUT2D eigenvalue weighted by Gasteiger charge is -2.18. The Bertz CT molecular complexity index is 514. The quantitative estimate of drug-likeness (QED) is 0.851. The topological polar surface area (TPSA) is 55.4 Å². The molecule has 1 rings (SSSR count). The zero-order valence-corrected chi connectivity index (χ0v) is 11.7. The molecule has 1 unspecified atom stereocenters. The highest BCUT2D eigenvalue weighted by atomic mass is 19.4. The molecule has 1 aromatic rings. The largest absolute Gasteiger partial charge is 0.469 e. The van der Waals surface area contributed by atoms with E-state index in [0.29, 0.717) is 6.42 Å². The maximum Gasteiger partial charge on any atom is 0.417 e. The van der Waals surface area contributed by atoms with Gasteiger partial charge in [-0.05, 0) is 18.6 Å². The van der Waals surface area contributed by atoms with Gasteiger partial charge in [-0.1, -0.05) is 19.1 Å². The lowest BCUT2D eigenvalue weighted by molar-refractivity contribution is -0.141. The van der Waals surface area contributed by atoms with E-state index in [9.17, 15) is 22.8 Å². The van der Waals surface area contributed by atoms with E-state index in [4.69, 9.17) is 0 Å². The number of benzene rings is 1. The summed E-state index contributed by atoms with van der Waals surface area (Å²) in [5, 5.41) is 2.42. The van der Waals surface area contributed by atoms with Crippen molar-refractivity contribution in [2.45, 2.75) is 32.0 Å². The first-order chi connectivity index (χ1) is 9.79. The maximum absolute atomic E-state index is 12.8. The number of hydrogen-bond donors (Lipinski definition) is 1. The predicted molar refractivity (Wildman–Crippen MR) is 69.6 cm³/mol. The molecule has 0 aliphatic carbocycles. The Kier molecular flexibility index (Phi) is 5.75. The summed E-state index contributed by atoms with van der Waals surface area (Å²) in [4.78, 5) is 23.2. The van der Waals surface area contributed by atoms with E-state index in [1.165, 1.54) is 19.2 Å². The molecule has 0 spiro atoms. The van der Waals surface area contributed by atoms with E-state index < -0.39 is 35.2 Å². The molecule has 21 heavy (non-hydrogen) atoms. The SMILES string of the molecule is CCC(CC(=O)OC)NC(=O)c1ccccc1C(F)(F)F. The summed E-state index contributed by atoms with van der Waals surface area (Å²) in [5.41, 5.74) is -1.47. The highest BCUT2D eigenvalue weighted by Crippen LogP contribution is 2.31. The lowest BCUT2D eigenvalue weighted by Crippen LogP contribution is -2.37. The number of methoxy groups -OCH3 is 1. The van der Waals surface area contributed by atoms with E-state index >= 15 is 0 Å². The summed E-state index contributed by atoms with van der Waals surface area (Å²) >= 11 is 0. The molecule has 0 radical (unpaired) electrons. The monoisotopic (exact) mass is 303 g/mol. The fourth-order valence-corrected chi connectivity index (χ4v) is 1.77. The van der Waals surface area contributed by atoms with Gasteiger partial charge in [0, 0.05) is 6.04 Å². The lowest BCUT2D eigenvalue weighted by atomic mass is 10.0. The Morgan fingerprint density at radius 1 is 1.29 bits per heavy atom. The number of rotatable bonds is 5. The van der Waals surface area contributed by atoms with Crippen molar-refractivity contribution in [3.05, 3.63) is 35.4 Å². The van der Waals surface area contributed by atoms with Crippen LogP contribution in [0.3, 0.4) is 0 Å². The molecule has 1 amide bonds. The summed E-state index contributed by atoms with van der Waals surface area (Å²) in [6.45, 7) is 1.71. The third-order valence-electron chi connectivity index (χ3n) is 2.95. The van der Waals surface area contributed by atoms with Crippen molar-refractivity contribution in [2.75, 3.05) is 7.11 Å². The molecule has 0 bridgehead atoms. The molecule has 0 saturated heterocycles. The van der Waals surface area contributed by atoms with E-state index in [0.717, 1.165) is 12.1 Å². The second-order valence-corrected chi connectivity index (χ2v) is 4.40. The molecule has 1 aromatic carbocycles. The molecule has 0 aliphatic rings. The first-order valence-corrected chi connectivity index (χ1v) is 6.33. The third-order valence-corrected chi connectivity index (χ3v) is 2.95. The minimum absolute atomic E-state index is 0.0904. The van der Waals surface area contributed by atoms with Gasteiger partial charge in [0.1, 0.15) is 0 Å². The minimum Gasteiger partial charge on any atom is -0.469 e. The second-order valence-electron chi connectivity index (χ2n) is 4.40. The molecule has 0 fully saturated rings. The van der Waals surface area contributed by atoms with Gasteiger partial charge in [0.05, 0.1) is 24.7 Å². The molecule has 0 aromatic heterocycles. The standard InChI is InChI=1S/C14H16F3NO3/c1-3-9(8-12(19)21-2)18-13(20)10-6-4-5-7-11(10)14(15,16)17/h4-7,9H,3,8H2,1-2H3,(H,18,20). The Morgan fingerprint density at radius 2 is 1.90 bits per heavy atom. The zero-order chi connectivity index (χ0) is 16.0. The fourth-order valence-electron chi connectivity index (χ4n) is 1.77. The zero-order valence-electron chi connectivity index (χ0n) is 11.7. The number of carbonyl (C=O) groups is 2. The molecule has 0 aliphatic heterocycles. The van der Waals surface area contributed by atoms with Crippen LogP contribution in [0, 0.1) is 0 Å². The third kappa shape index (κ3) is 4.77. The van der Waals surface area contributed by atoms with Gasteiger partial charge in [0.25, 0.3) is 5.91 Å². The van der Waals surface area contributed by atoms with Crippen LogP contribution in [0.25, 0.3) is 0 Å². The normalized spacial score (nSPS) is 12.6. The molecule has 116 valence electrons. The summed E-state index contributed by atoms with van der Waals surface area (Å²) in [7, 11) is 1.20. The average Bonchev–Trinajstić information content (AvgIpc) is 2.45. The number of halogens is 3. The minimum atomic E-state index is -4.61. The molecule has 0 saturated carbocycles. The first-order valence-electron chi connectivity index (χ1n) is 6.33. The number of nitrogens with one attached hydrogen (secondary N) is 1. The Morgan fingerprint density at radius 3 is 2.43 bits per heavy atom. The van der Waals surface area contributed by atoms with Crippen molar-refractivity contribution in [3.8, 4) is 0 Å². The Balaban J connectivity index is 2.91. The van der Waals surface area contributed by atoms with Crippen LogP contribution in [0.1, 0.15) is 35.7 Å². The van der Waals surface area contributed by atoms with Crippen LogP contribution in [-0.4, -0.2) is 25.0 Å². The van der Waals surface area contributed by atoms with Crippen molar-refractivity contribution >= 4 is 11.9 Å². The molecular weight excluding hydrogens is 287 g/mol. The van der Waals surface area contributed by atoms with Gasteiger partial charge < -0.3 is 10.1 Å². The van der Waals surface area contributed by atoms with E-state index in [1.807, 2.05) is 0 Å². The number of alkyl halides is 3. The Hall–Kier alpha value is -2.05. The average molecular weight is 303 g/mol. The fraction of sp³-hybridized carbons (Fsp3) is 0.429. The molecule has 1 N–H and O–H groups in total. The van der Waals surface area contributed by atoms with Crippen LogP contribution >= 0.6 is 0 Å². The van der Waals surface area contributed by atoms with Gasteiger partial charge >= 0.3 is 12.1 Å². The van der Waals surface area contributed by atoms with Crippen molar-refractivity contribution in [1.29, 1.82) is 0 Å². The van der Waals surface area contributed by atoms with E-state index in [2.05, 4.69) is 10.1 Å². The van der Waals surface area contributed by atoms with Crippen LogP contribution in [0.5, 0.6) is 0 Å². The number of amides is 1. The summed E-state index contributed by atoms with van der Waals surface area (Å²) in [5.74, 6) is -1.40. The summed E-state index contributed by atoms with van der Waals surface area (Å²) < 4.78 is 43.0. The number of esters is 1. The molecular formula is C14H16F3NO3. The van der Waals surface area contributed by atoms with Gasteiger partial charge in [-0.2, -0.15) is 13.2 Å². The van der Waals surface area contributed by atoms with Crippen LogP contribution in [-0.2, 0) is 15.7 Å². The predicted octanol–water partition coefficient (Wildman–Crippen LogP) is 2.78. The summed E-state index contributed by atoms with van der Waals surface area (Å²) in [6.07, 6.45) is -4.31. The molecule has 4 nitrogen and oxygen atoms in total. The van der Waals surface area contributed by atoms with E-state index in [1.54, 1.807) is 6.92 Å². The van der Waals surface area contributed by atoms with Gasteiger partial charge in [0.15, 0.2) is 0 Å². The number of hydrogen-bond acceptors (Lipinski definition) is 3. The van der Waals surface area contributed by atoms with Crippen molar-refractivity contribution in [2.24, 2.45) is 0 Å². The highest BCUT2D eigenvalue weighted by Gasteiger charge is 2.35. The van der Waals surface area contributed by atoms with Gasteiger partial charge in [0.2, 0.25) is 0 Å². The smallest absolute Gasteiger partial charge is 0.417 e. The second kappa shape index (κ2) is 7.10. The van der Waals surface area contributed by atoms with Crippen LogP contribution in [0.15, 0.2) is 24.3 Å². The van der Waals surface area contributed by atoms with Crippen molar-refractivity contribution < 1.29 is 27.5 Å². The van der Waals surface area contributed by atoms with Crippen LogP contribution < -0.4 is 5.32 Å². The first kappa shape index (κ1) is 17.0. The maximum atomic E-state index is 12.8. The summed E-state index contributed by atoms with van der Waals surface area (Å²) in [6, 6.07) is 3.93. The van der Waals surface area contributed by atoms with Crippen LogP contribution in [0.2, 0.25) is 0 Å². The Labute approximate surface area is 120 Å². The van der Waals surface area contributed by atoms with Gasteiger partial charge in [-0.15, -0.1) is 0 Å². The van der Waals surface area contributed by atoms with Gasteiger partial charge in [-0.3, -0.25) is 9.59 Å². The number of ether oxygens (including phenoxy) is 1. The molecule has 1 atom stereocenters. The number of carbonyl (C=O) groups excluding carboxylic acids is 2. The van der Waals surface area contributed by atoms with Gasteiger partial charge in [-0.25, -0.2) is 0 Å².